The second-order valence-corrected chi connectivity index (χ2v) is 7.45. The quantitative estimate of drug-likeness (QED) is 0.455. The van der Waals surface area contributed by atoms with E-state index in [1.807, 2.05) is 24.3 Å². The van der Waals surface area contributed by atoms with Crippen LogP contribution >= 0.6 is 11.3 Å². The van der Waals surface area contributed by atoms with Crippen LogP contribution in [0.4, 0.5) is 0 Å². The van der Waals surface area contributed by atoms with Crippen molar-refractivity contribution in [3.05, 3.63) is 100 Å². The zero-order chi connectivity index (χ0) is 17.9. The van der Waals surface area contributed by atoms with Crippen molar-refractivity contribution in [2.24, 2.45) is 0 Å². The Morgan fingerprint density at radius 3 is 2.38 bits per heavy atom. The third kappa shape index (κ3) is 3.24. The lowest BCUT2D eigenvalue weighted by Gasteiger charge is -2.25. The van der Waals surface area contributed by atoms with Crippen LogP contribution in [0.5, 0.6) is 5.75 Å². The summed E-state index contributed by atoms with van der Waals surface area (Å²) in [6.07, 6.45) is 0. The van der Waals surface area contributed by atoms with Gasteiger partial charge in [-0.25, -0.2) is 0 Å². The molecule has 0 bridgehead atoms. The molecule has 26 heavy (non-hydrogen) atoms. The third-order valence-corrected chi connectivity index (χ3v) is 5.72. The van der Waals surface area contributed by atoms with E-state index in [2.05, 4.69) is 66.2 Å². The van der Waals surface area contributed by atoms with E-state index in [0.717, 1.165) is 16.3 Å². The number of nitrogens with one attached hydrogen (secondary N) is 1. The maximum atomic E-state index is 10.7. The summed E-state index contributed by atoms with van der Waals surface area (Å²) in [7, 11) is 0. The number of hydrogen-bond acceptors (Lipinski definition) is 3. The highest BCUT2D eigenvalue weighted by Crippen LogP contribution is 2.38. The van der Waals surface area contributed by atoms with Crippen LogP contribution in [0.2, 0.25) is 0 Å². The minimum Gasteiger partial charge on any atom is -0.508 e. The largest absolute Gasteiger partial charge is 0.508 e. The number of thiophene rings is 1. The smallest absolute Gasteiger partial charge is 0.121 e. The monoisotopic (exact) mass is 359 g/mol. The van der Waals surface area contributed by atoms with Crippen LogP contribution in [0.25, 0.3) is 10.8 Å². The molecule has 4 rings (SSSR count). The van der Waals surface area contributed by atoms with Crippen molar-refractivity contribution in [2.75, 3.05) is 0 Å². The van der Waals surface area contributed by atoms with E-state index in [-0.39, 0.29) is 12.1 Å². The van der Waals surface area contributed by atoms with Crippen molar-refractivity contribution in [1.82, 2.24) is 5.32 Å². The van der Waals surface area contributed by atoms with E-state index < -0.39 is 0 Å². The first kappa shape index (κ1) is 16.8. The lowest BCUT2D eigenvalue weighted by Crippen LogP contribution is -2.25. The van der Waals surface area contributed by atoms with Crippen LogP contribution in [0.15, 0.2) is 84.2 Å². The summed E-state index contributed by atoms with van der Waals surface area (Å²) in [5, 5.41) is 18.8. The number of benzene rings is 3. The fourth-order valence-electron chi connectivity index (χ4n) is 3.44. The average molecular weight is 359 g/mol. The van der Waals surface area contributed by atoms with E-state index >= 15 is 0 Å². The van der Waals surface area contributed by atoms with E-state index in [9.17, 15) is 5.11 Å². The molecule has 0 fully saturated rings. The van der Waals surface area contributed by atoms with E-state index in [1.54, 1.807) is 17.4 Å². The number of phenols is 1. The summed E-state index contributed by atoms with van der Waals surface area (Å²) >= 11 is 1.71. The standard InChI is InChI=1S/C23H21NOS/c1-16(17-8-3-2-4-9-17)24-23(21-12-7-15-26-21)22-19-11-6-5-10-18(19)13-14-20(22)25/h2-16,23-25H,1H3/t16-,23-/m1/s1. The van der Waals surface area contributed by atoms with Gasteiger partial charge in [-0.05, 0) is 40.8 Å². The number of fused-ring (bicyclic) bond motifs is 1. The van der Waals surface area contributed by atoms with Crippen molar-refractivity contribution < 1.29 is 5.11 Å². The predicted molar refractivity (Wildman–Crippen MR) is 110 cm³/mol. The molecule has 0 spiro atoms. The van der Waals surface area contributed by atoms with Gasteiger partial charge in [-0.15, -0.1) is 11.3 Å². The molecule has 0 aliphatic rings. The van der Waals surface area contributed by atoms with Crippen molar-refractivity contribution in [1.29, 1.82) is 0 Å². The number of rotatable bonds is 5. The molecule has 0 aliphatic carbocycles. The molecule has 1 aromatic heterocycles. The zero-order valence-electron chi connectivity index (χ0n) is 14.6. The second-order valence-electron chi connectivity index (χ2n) is 6.47. The third-order valence-electron chi connectivity index (χ3n) is 4.78. The summed E-state index contributed by atoms with van der Waals surface area (Å²) in [6, 6.07) is 26.7. The molecular weight excluding hydrogens is 338 g/mol. The van der Waals surface area contributed by atoms with Gasteiger partial charge in [0.1, 0.15) is 5.75 Å². The summed E-state index contributed by atoms with van der Waals surface area (Å²) in [6.45, 7) is 2.16. The molecule has 0 amide bonds. The molecule has 4 aromatic rings. The first-order valence-corrected chi connectivity index (χ1v) is 9.67. The Morgan fingerprint density at radius 2 is 1.62 bits per heavy atom. The van der Waals surface area contributed by atoms with E-state index in [4.69, 9.17) is 0 Å². The van der Waals surface area contributed by atoms with Gasteiger partial charge in [0, 0.05) is 16.5 Å². The molecule has 0 saturated heterocycles. The molecule has 3 aromatic carbocycles. The van der Waals surface area contributed by atoms with Crippen LogP contribution < -0.4 is 5.32 Å². The first-order valence-electron chi connectivity index (χ1n) is 8.79. The van der Waals surface area contributed by atoms with Gasteiger partial charge in [-0.3, -0.25) is 5.32 Å². The summed E-state index contributed by atoms with van der Waals surface area (Å²) < 4.78 is 0. The van der Waals surface area contributed by atoms with Crippen LogP contribution in [0.1, 0.15) is 35.0 Å². The van der Waals surface area contributed by atoms with Crippen LogP contribution in [0, 0.1) is 0 Å². The highest BCUT2D eigenvalue weighted by atomic mass is 32.1. The van der Waals surface area contributed by atoms with Crippen molar-refractivity contribution in [2.45, 2.75) is 19.0 Å². The van der Waals surface area contributed by atoms with E-state index in [0.29, 0.717) is 5.75 Å². The summed E-state index contributed by atoms with van der Waals surface area (Å²) in [5.74, 6) is 0.329. The summed E-state index contributed by atoms with van der Waals surface area (Å²) in [5.41, 5.74) is 2.17. The van der Waals surface area contributed by atoms with Gasteiger partial charge in [0.05, 0.1) is 6.04 Å². The van der Waals surface area contributed by atoms with Gasteiger partial charge in [0.25, 0.3) is 0 Å². The molecule has 2 atom stereocenters. The minimum absolute atomic E-state index is 0.0729. The normalized spacial score (nSPS) is 13.6. The van der Waals surface area contributed by atoms with Gasteiger partial charge in [-0.2, -0.15) is 0 Å². The van der Waals surface area contributed by atoms with Gasteiger partial charge < -0.3 is 5.11 Å². The van der Waals surface area contributed by atoms with Crippen molar-refractivity contribution >= 4 is 22.1 Å². The average Bonchev–Trinajstić information content (AvgIpc) is 3.22. The zero-order valence-corrected chi connectivity index (χ0v) is 15.4. The Morgan fingerprint density at radius 1 is 0.846 bits per heavy atom. The molecule has 130 valence electrons. The Labute approximate surface area is 157 Å². The Balaban J connectivity index is 1.82. The highest BCUT2D eigenvalue weighted by Gasteiger charge is 2.23. The van der Waals surface area contributed by atoms with Crippen molar-refractivity contribution in [3.63, 3.8) is 0 Å². The molecule has 3 heteroatoms. The molecule has 0 radical (unpaired) electrons. The molecule has 0 aliphatic heterocycles. The van der Waals surface area contributed by atoms with Crippen LogP contribution in [-0.2, 0) is 0 Å². The second kappa shape index (κ2) is 7.32. The van der Waals surface area contributed by atoms with Gasteiger partial charge in [-0.1, -0.05) is 66.7 Å². The predicted octanol–water partition coefficient (Wildman–Crippen LogP) is 6.05. The Bertz CT molecular complexity index is 995. The number of hydrogen-bond donors (Lipinski definition) is 2. The SMILES string of the molecule is C[C@@H](N[C@H](c1cccs1)c1c(O)ccc2ccccc12)c1ccccc1. The van der Waals surface area contributed by atoms with Crippen LogP contribution in [-0.4, -0.2) is 5.11 Å². The van der Waals surface area contributed by atoms with E-state index in [1.165, 1.54) is 10.4 Å². The maximum absolute atomic E-state index is 10.7. The molecule has 2 N–H and O–H groups in total. The fourth-order valence-corrected chi connectivity index (χ4v) is 4.23. The number of phenolic OH excluding ortho intramolecular Hbond substituents is 1. The lowest BCUT2D eigenvalue weighted by atomic mass is 9.95. The lowest BCUT2D eigenvalue weighted by molar-refractivity contribution is 0.450. The molecule has 0 unspecified atom stereocenters. The summed E-state index contributed by atoms with van der Waals surface area (Å²) in [4.78, 5) is 1.19. The topological polar surface area (TPSA) is 32.3 Å². The maximum Gasteiger partial charge on any atom is 0.121 e. The molecule has 2 nitrogen and oxygen atoms in total. The van der Waals surface area contributed by atoms with Crippen molar-refractivity contribution in [3.8, 4) is 5.75 Å². The molecule has 1 heterocycles. The minimum atomic E-state index is -0.0729. The number of aromatic hydroxyl groups is 1. The van der Waals surface area contributed by atoms with Gasteiger partial charge in [0.2, 0.25) is 0 Å². The highest BCUT2D eigenvalue weighted by molar-refractivity contribution is 7.10. The molecular formula is C23H21NOS. The van der Waals surface area contributed by atoms with Gasteiger partial charge in [0.15, 0.2) is 0 Å². The van der Waals surface area contributed by atoms with Gasteiger partial charge >= 0.3 is 0 Å². The van der Waals surface area contributed by atoms with Crippen LogP contribution in [0.3, 0.4) is 0 Å². The first-order chi connectivity index (χ1) is 12.7. The Hall–Kier alpha value is -2.62. The molecule has 0 saturated carbocycles. The Kier molecular flexibility index (Phi) is 4.74. The fraction of sp³-hybridized carbons (Fsp3) is 0.130.